The number of carbonyl (C=O) groups excluding carboxylic acids is 1. The molecule has 0 aromatic carbocycles. The van der Waals surface area contributed by atoms with Gasteiger partial charge >= 0.3 is 0 Å². The Bertz CT molecular complexity index is 645. The fourth-order valence-corrected chi connectivity index (χ4v) is 3.09. The van der Waals surface area contributed by atoms with E-state index in [-0.39, 0.29) is 5.91 Å². The molecule has 0 radical (unpaired) electrons. The standard InChI is InChI=1S/C18H24N2O3/c1-3-4-9-20(12-14-6-5-10-22-14)18(21)17-15-11-13(2)7-8-16(15)23-19-17/h5-6,10,13H,3-4,7-9,11-12H2,1-2H3/t13-/m0/s1. The smallest absolute Gasteiger partial charge is 0.276 e. The summed E-state index contributed by atoms with van der Waals surface area (Å²) in [6.45, 7) is 5.51. The van der Waals surface area contributed by atoms with Crippen molar-refractivity contribution in [3.8, 4) is 0 Å². The fraction of sp³-hybridized carbons (Fsp3) is 0.556. The Balaban J connectivity index is 1.81. The van der Waals surface area contributed by atoms with Crippen LogP contribution in [0.15, 0.2) is 27.3 Å². The van der Waals surface area contributed by atoms with Gasteiger partial charge in [-0.2, -0.15) is 0 Å². The van der Waals surface area contributed by atoms with Gasteiger partial charge in [0.2, 0.25) is 0 Å². The molecule has 0 aliphatic heterocycles. The summed E-state index contributed by atoms with van der Waals surface area (Å²) in [6.07, 6.45) is 6.49. The number of aryl methyl sites for hydroxylation is 1. The van der Waals surface area contributed by atoms with Crippen LogP contribution in [-0.2, 0) is 19.4 Å². The SMILES string of the molecule is CCCCN(Cc1ccco1)C(=O)c1noc2c1C[C@@H](C)CC2. The zero-order valence-corrected chi connectivity index (χ0v) is 13.9. The van der Waals surface area contributed by atoms with Crippen LogP contribution >= 0.6 is 0 Å². The third-order valence-electron chi connectivity index (χ3n) is 4.48. The predicted molar refractivity (Wildman–Crippen MR) is 86.0 cm³/mol. The van der Waals surface area contributed by atoms with Crippen LogP contribution < -0.4 is 0 Å². The zero-order valence-electron chi connectivity index (χ0n) is 13.9. The Kier molecular flexibility index (Phi) is 4.84. The average molecular weight is 316 g/mol. The van der Waals surface area contributed by atoms with E-state index in [1.54, 1.807) is 6.26 Å². The number of hydrogen-bond acceptors (Lipinski definition) is 4. The topological polar surface area (TPSA) is 59.5 Å². The second-order valence-corrected chi connectivity index (χ2v) is 6.44. The molecule has 0 saturated carbocycles. The monoisotopic (exact) mass is 316 g/mol. The lowest BCUT2D eigenvalue weighted by Gasteiger charge is -2.22. The van der Waals surface area contributed by atoms with E-state index in [0.717, 1.165) is 49.2 Å². The summed E-state index contributed by atoms with van der Waals surface area (Å²) in [7, 11) is 0. The van der Waals surface area contributed by atoms with E-state index in [1.165, 1.54) is 0 Å². The lowest BCUT2D eigenvalue weighted by molar-refractivity contribution is 0.0717. The van der Waals surface area contributed by atoms with E-state index in [1.807, 2.05) is 17.0 Å². The van der Waals surface area contributed by atoms with Crippen molar-refractivity contribution in [1.29, 1.82) is 0 Å². The predicted octanol–water partition coefficient (Wildman–Crippen LogP) is 3.83. The number of fused-ring (bicyclic) bond motifs is 1. The molecular weight excluding hydrogens is 292 g/mol. The van der Waals surface area contributed by atoms with Crippen LogP contribution in [0, 0.1) is 5.92 Å². The lowest BCUT2D eigenvalue weighted by Crippen LogP contribution is -2.32. The molecule has 23 heavy (non-hydrogen) atoms. The molecule has 0 saturated heterocycles. The highest BCUT2D eigenvalue weighted by atomic mass is 16.5. The maximum Gasteiger partial charge on any atom is 0.276 e. The van der Waals surface area contributed by atoms with Gasteiger partial charge in [0.1, 0.15) is 11.5 Å². The molecule has 2 heterocycles. The molecule has 2 aromatic heterocycles. The molecule has 0 N–H and O–H groups in total. The van der Waals surface area contributed by atoms with Crippen molar-refractivity contribution in [2.45, 2.75) is 52.5 Å². The Morgan fingerprint density at radius 2 is 2.35 bits per heavy atom. The molecule has 124 valence electrons. The normalized spacial score (nSPS) is 17.0. The van der Waals surface area contributed by atoms with Gasteiger partial charge in [0.15, 0.2) is 5.69 Å². The van der Waals surface area contributed by atoms with Crippen LogP contribution in [0.2, 0.25) is 0 Å². The molecule has 0 spiro atoms. The van der Waals surface area contributed by atoms with E-state index < -0.39 is 0 Å². The summed E-state index contributed by atoms with van der Waals surface area (Å²) < 4.78 is 10.8. The van der Waals surface area contributed by atoms with Crippen LogP contribution in [0.3, 0.4) is 0 Å². The number of amides is 1. The minimum absolute atomic E-state index is 0.0473. The number of unbranched alkanes of at least 4 members (excludes halogenated alkanes) is 1. The molecule has 1 amide bonds. The highest BCUT2D eigenvalue weighted by Gasteiger charge is 2.29. The first kappa shape index (κ1) is 15.8. The molecule has 0 unspecified atom stereocenters. The molecule has 1 aliphatic carbocycles. The molecule has 5 nitrogen and oxygen atoms in total. The van der Waals surface area contributed by atoms with Gasteiger partial charge in [-0.25, -0.2) is 0 Å². The second-order valence-electron chi connectivity index (χ2n) is 6.44. The summed E-state index contributed by atoms with van der Waals surface area (Å²) in [6, 6.07) is 3.74. The van der Waals surface area contributed by atoms with Crippen molar-refractivity contribution in [3.63, 3.8) is 0 Å². The first-order valence-electron chi connectivity index (χ1n) is 8.48. The van der Waals surface area contributed by atoms with E-state index in [4.69, 9.17) is 8.94 Å². The van der Waals surface area contributed by atoms with Crippen molar-refractivity contribution in [1.82, 2.24) is 10.1 Å². The van der Waals surface area contributed by atoms with E-state index in [9.17, 15) is 4.79 Å². The molecule has 1 aliphatic rings. The Labute approximate surface area is 136 Å². The molecule has 0 bridgehead atoms. The van der Waals surface area contributed by atoms with Gasteiger partial charge < -0.3 is 13.8 Å². The number of rotatable bonds is 6. The van der Waals surface area contributed by atoms with Crippen LogP contribution in [0.4, 0.5) is 0 Å². The molecule has 0 fully saturated rings. The molecule has 5 heteroatoms. The molecular formula is C18H24N2O3. The first-order chi connectivity index (χ1) is 11.2. The van der Waals surface area contributed by atoms with Gasteiger partial charge in [-0.05, 0) is 37.3 Å². The Morgan fingerprint density at radius 1 is 1.48 bits per heavy atom. The number of nitrogens with zero attached hydrogens (tertiary/aromatic N) is 2. The van der Waals surface area contributed by atoms with E-state index in [2.05, 4.69) is 19.0 Å². The summed E-state index contributed by atoms with van der Waals surface area (Å²) in [5.74, 6) is 2.21. The number of hydrogen-bond donors (Lipinski definition) is 0. The van der Waals surface area contributed by atoms with Gasteiger partial charge in [-0.3, -0.25) is 4.79 Å². The van der Waals surface area contributed by atoms with Gasteiger partial charge in [0, 0.05) is 18.5 Å². The maximum atomic E-state index is 13.0. The third-order valence-corrected chi connectivity index (χ3v) is 4.48. The summed E-state index contributed by atoms with van der Waals surface area (Å²) in [5.41, 5.74) is 1.50. The second kappa shape index (κ2) is 7.02. The van der Waals surface area contributed by atoms with Crippen molar-refractivity contribution in [2.75, 3.05) is 6.54 Å². The summed E-state index contributed by atoms with van der Waals surface area (Å²) in [4.78, 5) is 14.8. The Hall–Kier alpha value is -2.04. The van der Waals surface area contributed by atoms with Crippen LogP contribution in [-0.4, -0.2) is 22.5 Å². The zero-order chi connectivity index (χ0) is 16.2. The summed E-state index contributed by atoms with van der Waals surface area (Å²) >= 11 is 0. The minimum atomic E-state index is -0.0473. The van der Waals surface area contributed by atoms with Crippen molar-refractivity contribution >= 4 is 5.91 Å². The first-order valence-corrected chi connectivity index (χ1v) is 8.48. The highest BCUT2D eigenvalue weighted by molar-refractivity contribution is 5.93. The van der Waals surface area contributed by atoms with E-state index in [0.29, 0.717) is 24.7 Å². The summed E-state index contributed by atoms with van der Waals surface area (Å²) in [5, 5.41) is 4.09. The molecule has 1 atom stereocenters. The number of aromatic nitrogens is 1. The van der Waals surface area contributed by atoms with Crippen molar-refractivity contribution < 1.29 is 13.7 Å². The molecule has 3 rings (SSSR count). The van der Waals surface area contributed by atoms with Crippen molar-refractivity contribution in [2.24, 2.45) is 5.92 Å². The highest BCUT2D eigenvalue weighted by Crippen LogP contribution is 2.28. The number of carbonyl (C=O) groups is 1. The van der Waals surface area contributed by atoms with Gasteiger partial charge in [0.25, 0.3) is 5.91 Å². The van der Waals surface area contributed by atoms with Gasteiger partial charge in [0.05, 0.1) is 12.8 Å². The van der Waals surface area contributed by atoms with Gasteiger partial charge in [-0.1, -0.05) is 25.4 Å². The third kappa shape index (κ3) is 3.49. The average Bonchev–Trinajstić information content (AvgIpc) is 3.19. The van der Waals surface area contributed by atoms with E-state index >= 15 is 0 Å². The quantitative estimate of drug-likeness (QED) is 0.812. The van der Waals surface area contributed by atoms with Crippen LogP contribution in [0.1, 0.15) is 60.7 Å². The molecule has 2 aromatic rings. The van der Waals surface area contributed by atoms with Crippen LogP contribution in [0.5, 0.6) is 0 Å². The minimum Gasteiger partial charge on any atom is -0.467 e. The number of furan rings is 1. The van der Waals surface area contributed by atoms with Crippen molar-refractivity contribution in [3.05, 3.63) is 41.2 Å². The lowest BCUT2D eigenvalue weighted by atomic mass is 9.88. The van der Waals surface area contributed by atoms with Crippen LogP contribution in [0.25, 0.3) is 0 Å². The maximum absolute atomic E-state index is 13.0. The largest absolute Gasteiger partial charge is 0.467 e. The fourth-order valence-electron chi connectivity index (χ4n) is 3.09. The Morgan fingerprint density at radius 3 is 3.09 bits per heavy atom. The van der Waals surface area contributed by atoms with Gasteiger partial charge in [-0.15, -0.1) is 0 Å².